The molecule has 1 aliphatic heterocycles. The van der Waals surface area contributed by atoms with Gasteiger partial charge in [-0.05, 0) is 51.4 Å². The summed E-state index contributed by atoms with van der Waals surface area (Å²) in [4.78, 5) is 12.8. The number of ether oxygens (including phenoxy) is 4. The van der Waals surface area contributed by atoms with E-state index in [-0.39, 0.29) is 19.2 Å². The minimum absolute atomic E-state index is 0.120. The van der Waals surface area contributed by atoms with Gasteiger partial charge in [0.25, 0.3) is 0 Å². The molecule has 6 atom stereocenters. The number of aliphatic hydroxyl groups is 4. The number of esters is 1. The van der Waals surface area contributed by atoms with E-state index in [0.717, 1.165) is 70.6 Å². The standard InChI is InChI=1S/C50H90O9/c1-3-5-7-9-11-13-15-17-19-21-23-25-27-29-31-33-35-37-39-46(52)58-44(43-57-50-49(55)48(54)47(53)45(41-51)59-50)42-56-40-38-36-34-32-30-28-26-24-22-20-18-16-14-12-10-8-6-4-2/h6,8,12,14,18,20,24,26,44-45,47-51,53-55H,3-5,7,9-11,13,15-17,19,21-23,25,27-43H2,1-2H3/b8-6-,14-12-,20-18-,26-24-. The van der Waals surface area contributed by atoms with E-state index in [0.29, 0.717) is 13.0 Å². The third-order valence-corrected chi connectivity index (χ3v) is 11.0. The van der Waals surface area contributed by atoms with Crippen LogP contribution in [-0.4, -0.2) is 89.6 Å². The molecule has 9 heteroatoms. The summed E-state index contributed by atoms with van der Waals surface area (Å²) in [6, 6.07) is 0. The second-order valence-corrected chi connectivity index (χ2v) is 16.5. The zero-order chi connectivity index (χ0) is 42.9. The molecule has 1 aliphatic rings. The minimum atomic E-state index is -1.54. The Labute approximate surface area is 361 Å². The summed E-state index contributed by atoms with van der Waals surface area (Å²) in [7, 11) is 0. The van der Waals surface area contributed by atoms with E-state index in [1.54, 1.807) is 0 Å². The number of carbonyl (C=O) groups is 1. The Bertz CT molecular complexity index is 1040. The van der Waals surface area contributed by atoms with Crippen molar-refractivity contribution in [2.75, 3.05) is 26.4 Å². The SMILES string of the molecule is CC/C=C\C/C=C\C/C=C\C/C=C\CCCCCCCOCC(COC1OC(CO)C(O)C(O)C1O)OC(=O)CCCCCCCCCCCCCCCCCCCC. The van der Waals surface area contributed by atoms with Crippen LogP contribution < -0.4 is 0 Å². The van der Waals surface area contributed by atoms with E-state index < -0.39 is 43.4 Å². The van der Waals surface area contributed by atoms with Crippen molar-refractivity contribution in [3.05, 3.63) is 48.6 Å². The van der Waals surface area contributed by atoms with Gasteiger partial charge in [-0.15, -0.1) is 0 Å². The smallest absolute Gasteiger partial charge is 0.306 e. The Morgan fingerprint density at radius 1 is 0.559 bits per heavy atom. The quantitative estimate of drug-likeness (QED) is 0.0270. The van der Waals surface area contributed by atoms with Crippen molar-refractivity contribution in [3.8, 4) is 0 Å². The fraction of sp³-hybridized carbons (Fsp3) is 0.820. The van der Waals surface area contributed by atoms with Gasteiger partial charge in [0.05, 0.1) is 19.8 Å². The molecule has 59 heavy (non-hydrogen) atoms. The summed E-state index contributed by atoms with van der Waals surface area (Å²) >= 11 is 0. The van der Waals surface area contributed by atoms with Crippen LogP contribution in [0.25, 0.3) is 0 Å². The van der Waals surface area contributed by atoms with Crippen molar-refractivity contribution in [3.63, 3.8) is 0 Å². The fourth-order valence-corrected chi connectivity index (χ4v) is 7.25. The van der Waals surface area contributed by atoms with Crippen LogP contribution in [0.2, 0.25) is 0 Å². The molecule has 6 unspecified atom stereocenters. The monoisotopic (exact) mass is 835 g/mol. The lowest BCUT2D eigenvalue weighted by atomic mass is 9.99. The molecule has 0 amide bonds. The van der Waals surface area contributed by atoms with Gasteiger partial charge < -0.3 is 39.4 Å². The molecule has 344 valence electrons. The Morgan fingerprint density at radius 3 is 1.56 bits per heavy atom. The molecule has 0 spiro atoms. The molecule has 9 nitrogen and oxygen atoms in total. The normalized spacial score (nSPS) is 20.5. The predicted molar refractivity (Wildman–Crippen MR) is 242 cm³/mol. The van der Waals surface area contributed by atoms with Crippen LogP contribution in [0.1, 0.15) is 200 Å². The molecular formula is C50H90O9. The van der Waals surface area contributed by atoms with E-state index in [4.69, 9.17) is 18.9 Å². The highest BCUT2D eigenvalue weighted by molar-refractivity contribution is 5.69. The molecule has 0 aromatic heterocycles. The van der Waals surface area contributed by atoms with Gasteiger partial charge >= 0.3 is 5.97 Å². The molecule has 4 N–H and O–H groups in total. The molecule has 0 radical (unpaired) electrons. The van der Waals surface area contributed by atoms with Crippen molar-refractivity contribution in [1.82, 2.24) is 0 Å². The summed E-state index contributed by atoms with van der Waals surface area (Å²) in [5, 5.41) is 40.2. The molecule has 0 aromatic carbocycles. The van der Waals surface area contributed by atoms with Crippen molar-refractivity contribution in [1.29, 1.82) is 0 Å². The lowest BCUT2D eigenvalue weighted by molar-refractivity contribution is -0.305. The van der Waals surface area contributed by atoms with Crippen molar-refractivity contribution in [2.45, 2.75) is 237 Å². The zero-order valence-corrected chi connectivity index (χ0v) is 37.7. The first-order chi connectivity index (χ1) is 28.9. The second kappa shape index (κ2) is 41.5. The number of hydrogen-bond donors (Lipinski definition) is 4. The number of unbranched alkanes of at least 4 members (excludes halogenated alkanes) is 22. The highest BCUT2D eigenvalue weighted by atomic mass is 16.7. The molecular weight excluding hydrogens is 745 g/mol. The Balaban J connectivity index is 2.24. The van der Waals surface area contributed by atoms with E-state index in [9.17, 15) is 25.2 Å². The highest BCUT2D eigenvalue weighted by Crippen LogP contribution is 2.23. The summed E-state index contributed by atoms with van der Waals surface area (Å²) in [6.45, 7) is 4.42. The Morgan fingerprint density at radius 2 is 1.03 bits per heavy atom. The van der Waals surface area contributed by atoms with Crippen LogP contribution in [0, 0.1) is 0 Å². The minimum Gasteiger partial charge on any atom is -0.457 e. The Kier molecular flexibility index (Phi) is 38.8. The molecule has 1 fully saturated rings. The zero-order valence-electron chi connectivity index (χ0n) is 37.7. The highest BCUT2D eigenvalue weighted by Gasteiger charge is 2.44. The number of rotatable bonds is 41. The number of carbonyl (C=O) groups excluding carboxylic acids is 1. The van der Waals surface area contributed by atoms with Crippen LogP contribution in [0.15, 0.2) is 48.6 Å². The third-order valence-electron chi connectivity index (χ3n) is 11.0. The van der Waals surface area contributed by atoms with E-state index in [2.05, 4.69) is 62.5 Å². The van der Waals surface area contributed by atoms with E-state index in [1.165, 1.54) is 109 Å². The van der Waals surface area contributed by atoms with Crippen molar-refractivity contribution >= 4 is 5.97 Å². The molecule has 1 saturated heterocycles. The van der Waals surface area contributed by atoms with Gasteiger partial charge in [-0.2, -0.15) is 0 Å². The number of hydrogen-bond acceptors (Lipinski definition) is 9. The van der Waals surface area contributed by atoms with Gasteiger partial charge in [-0.25, -0.2) is 0 Å². The average Bonchev–Trinajstić information content (AvgIpc) is 3.24. The first kappa shape index (κ1) is 55.2. The molecule has 1 rings (SSSR count). The maximum Gasteiger partial charge on any atom is 0.306 e. The Hall–Kier alpha value is -1.85. The lowest BCUT2D eigenvalue weighted by Gasteiger charge is -2.39. The van der Waals surface area contributed by atoms with Gasteiger partial charge in [0.15, 0.2) is 6.29 Å². The first-order valence-corrected chi connectivity index (χ1v) is 24.2. The summed E-state index contributed by atoms with van der Waals surface area (Å²) < 4.78 is 22.8. The third kappa shape index (κ3) is 32.5. The van der Waals surface area contributed by atoms with E-state index >= 15 is 0 Å². The van der Waals surface area contributed by atoms with Gasteiger partial charge in [0.1, 0.15) is 30.5 Å². The van der Waals surface area contributed by atoms with E-state index in [1.807, 2.05) is 0 Å². The van der Waals surface area contributed by atoms with Gasteiger partial charge in [-0.1, -0.05) is 191 Å². The molecule has 0 aromatic rings. The summed E-state index contributed by atoms with van der Waals surface area (Å²) in [5.74, 6) is -0.319. The predicted octanol–water partition coefficient (Wildman–Crippen LogP) is 11.3. The van der Waals surface area contributed by atoms with Gasteiger partial charge in [0.2, 0.25) is 0 Å². The largest absolute Gasteiger partial charge is 0.457 e. The fourth-order valence-electron chi connectivity index (χ4n) is 7.25. The van der Waals surface area contributed by atoms with Crippen LogP contribution >= 0.6 is 0 Å². The van der Waals surface area contributed by atoms with Crippen LogP contribution in [0.3, 0.4) is 0 Å². The van der Waals surface area contributed by atoms with Crippen molar-refractivity contribution < 1.29 is 44.2 Å². The van der Waals surface area contributed by atoms with Crippen LogP contribution in [-0.2, 0) is 23.7 Å². The first-order valence-electron chi connectivity index (χ1n) is 24.2. The van der Waals surface area contributed by atoms with Crippen LogP contribution in [0.5, 0.6) is 0 Å². The van der Waals surface area contributed by atoms with Gasteiger partial charge in [-0.3, -0.25) is 4.79 Å². The summed E-state index contributed by atoms with van der Waals surface area (Å²) in [6.07, 6.45) is 44.2. The van der Waals surface area contributed by atoms with Gasteiger partial charge in [0, 0.05) is 13.0 Å². The topological polar surface area (TPSA) is 135 Å². The number of allylic oxidation sites excluding steroid dienone is 8. The average molecular weight is 835 g/mol. The number of aliphatic hydroxyl groups excluding tert-OH is 4. The second-order valence-electron chi connectivity index (χ2n) is 16.5. The molecule has 0 aliphatic carbocycles. The molecule has 0 bridgehead atoms. The molecule has 1 heterocycles. The maximum absolute atomic E-state index is 12.8. The molecule has 0 saturated carbocycles. The lowest BCUT2D eigenvalue weighted by Crippen LogP contribution is -2.59. The van der Waals surface area contributed by atoms with Crippen molar-refractivity contribution in [2.24, 2.45) is 0 Å². The summed E-state index contributed by atoms with van der Waals surface area (Å²) in [5.41, 5.74) is 0. The van der Waals surface area contributed by atoms with Crippen LogP contribution in [0.4, 0.5) is 0 Å². The maximum atomic E-state index is 12.8.